The molecular formula is C16H18FN. The van der Waals surface area contributed by atoms with Crippen LogP contribution in [0.1, 0.15) is 28.3 Å². The third-order valence-corrected chi connectivity index (χ3v) is 3.23. The van der Waals surface area contributed by atoms with Gasteiger partial charge in [-0.2, -0.15) is 0 Å². The smallest absolute Gasteiger partial charge is 0.131 e. The standard InChI is InChI=1S/C16H18FN/c1-11-7-9-13(10-8-11)16(18-3)14-6-4-5-12(2)15(14)17/h4-10,16,18H,1-3H3. The Morgan fingerprint density at radius 1 is 1.00 bits per heavy atom. The summed E-state index contributed by atoms with van der Waals surface area (Å²) in [6.07, 6.45) is 0. The van der Waals surface area contributed by atoms with Crippen molar-refractivity contribution in [2.24, 2.45) is 0 Å². The second-order valence-corrected chi connectivity index (χ2v) is 4.61. The molecule has 0 aliphatic rings. The Bertz CT molecular complexity index is 531. The molecule has 2 heteroatoms. The zero-order valence-corrected chi connectivity index (χ0v) is 11.0. The number of benzene rings is 2. The van der Waals surface area contributed by atoms with Gasteiger partial charge in [0.25, 0.3) is 0 Å². The number of hydrogen-bond donors (Lipinski definition) is 1. The molecule has 0 heterocycles. The Morgan fingerprint density at radius 3 is 2.28 bits per heavy atom. The zero-order valence-electron chi connectivity index (χ0n) is 11.0. The third-order valence-electron chi connectivity index (χ3n) is 3.23. The quantitative estimate of drug-likeness (QED) is 0.865. The molecule has 0 aliphatic heterocycles. The van der Waals surface area contributed by atoms with Gasteiger partial charge in [-0.05, 0) is 32.0 Å². The monoisotopic (exact) mass is 243 g/mol. The van der Waals surface area contributed by atoms with Crippen LogP contribution in [0.2, 0.25) is 0 Å². The van der Waals surface area contributed by atoms with Gasteiger partial charge in [-0.3, -0.25) is 0 Å². The highest BCUT2D eigenvalue weighted by Crippen LogP contribution is 2.25. The minimum atomic E-state index is -0.127. The molecule has 0 amide bonds. The predicted molar refractivity (Wildman–Crippen MR) is 73.2 cm³/mol. The summed E-state index contributed by atoms with van der Waals surface area (Å²) in [4.78, 5) is 0. The van der Waals surface area contributed by atoms with E-state index in [0.717, 1.165) is 5.56 Å². The summed E-state index contributed by atoms with van der Waals surface area (Å²) in [5, 5.41) is 3.18. The second kappa shape index (κ2) is 5.32. The summed E-state index contributed by atoms with van der Waals surface area (Å²) in [5.74, 6) is -0.127. The first-order valence-electron chi connectivity index (χ1n) is 6.12. The molecule has 1 atom stereocenters. The molecular weight excluding hydrogens is 225 g/mol. The number of aryl methyl sites for hydroxylation is 2. The van der Waals surface area contributed by atoms with Crippen molar-refractivity contribution in [3.63, 3.8) is 0 Å². The van der Waals surface area contributed by atoms with Gasteiger partial charge in [0.15, 0.2) is 0 Å². The van der Waals surface area contributed by atoms with Crippen LogP contribution in [0, 0.1) is 19.7 Å². The van der Waals surface area contributed by atoms with Crippen LogP contribution in [0.4, 0.5) is 4.39 Å². The minimum Gasteiger partial charge on any atom is -0.309 e. The first kappa shape index (κ1) is 12.8. The molecule has 1 N–H and O–H groups in total. The van der Waals surface area contributed by atoms with Gasteiger partial charge in [0.2, 0.25) is 0 Å². The number of rotatable bonds is 3. The Balaban J connectivity index is 2.45. The van der Waals surface area contributed by atoms with E-state index in [2.05, 4.69) is 5.32 Å². The maximum atomic E-state index is 14.2. The molecule has 2 aromatic carbocycles. The van der Waals surface area contributed by atoms with Gasteiger partial charge >= 0.3 is 0 Å². The van der Waals surface area contributed by atoms with Crippen molar-refractivity contribution in [2.45, 2.75) is 19.9 Å². The predicted octanol–water partition coefficient (Wildman–Crippen LogP) is 3.75. The van der Waals surface area contributed by atoms with Crippen molar-refractivity contribution < 1.29 is 4.39 Å². The van der Waals surface area contributed by atoms with Gasteiger partial charge in [-0.25, -0.2) is 4.39 Å². The van der Waals surface area contributed by atoms with Gasteiger partial charge in [-0.1, -0.05) is 48.0 Å². The summed E-state index contributed by atoms with van der Waals surface area (Å²) >= 11 is 0. The normalized spacial score (nSPS) is 12.4. The van der Waals surface area contributed by atoms with E-state index in [-0.39, 0.29) is 11.9 Å². The SMILES string of the molecule is CNC(c1ccc(C)cc1)c1cccc(C)c1F. The molecule has 0 spiro atoms. The maximum Gasteiger partial charge on any atom is 0.131 e. The van der Waals surface area contributed by atoms with Crippen LogP contribution in [-0.4, -0.2) is 7.05 Å². The maximum absolute atomic E-state index is 14.2. The van der Waals surface area contributed by atoms with Crippen LogP contribution in [0.15, 0.2) is 42.5 Å². The van der Waals surface area contributed by atoms with Crippen LogP contribution in [-0.2, 0) is 0 Å². The van der Waals surface area contributed by atoms with E-state index in [1.165, 1.54) is 5.56 Å². The molecule has 94 valence electrons. The average molecular weight is 243 g/mol. The van der Waals surface area contributed by atoms with Gasteiger partial charge in [0, 0.05) is 5.56 Å². The minimum absolute atomic E-state index is 0.106. The highest BCUT2D eigenvalue weighted by molar-refractivity contribution is 5.36. The van der Waals surface area contributed by atoms with Crippen molar-refractivity contribution in [3.05, 3.63) is 70.5 Å². The molecule has 18 heavy (non-hydrogen) atoms. The lowest BCUT2D eigenvalue weighted by molar-refractivity contribution is 0.569. The Hall–Kier alpha value is -1.67. The number of hydrogen-bond acceptors (Lipinski definition) is 1. The summed E-state index contributed by atoms with van der Waals surface area (Å²) < 4.78 is 14.2. The van der Waals surface area contributed by atoms with E-state index >= 15 is 0 Å². The lowest BCUT2D eigenvalue weighted by Crippen LogP contribution is -2.19. The number of nitrogens with one attached hydrogen (secondary N) is 1. The van der Waals surface area contributed by atoms with Gasteiger partial charge in [0.05, 0.1) is 6.04 Å². The second-order valence-electron chi connectivity index (χ2n) is 4.61. The van der Waals surface area contributed by atoms with E-state index in [4.69, 9.17) is 0 Å². The fraction of sp³-hybridized carbons (Fsp3) is 0.250. The first-order chi connectivity index (χ1) is 8.63. The Labute approximate surface area is 108 Å². The molecule has 0 saturated heterocycles. The molecule has 0 aromatic heterocycles. The first-order valence-corrected chi connectivity index (χ1v) is 6.12. The van der Waals surface area contributed by atoms with Crippen molar-refractivity contribution in [2.75, 3.05) is 7.05 Å². The molecule has 0 saturated carbocycles. The third kappa shape index (κ3) is 2.44. The van der Waals surface area contributed by atoms with Crippen LogP contribution >= 0.6 is 0 Å². The zero-order chi connectivity index (χ0) is 13.1. The van der Waals surface area contributed by atoms with Crippen molar-refractivity contribution in [1.29, 1.82) is 0 Å². The van der Waals surface area contributed by atoms with Crippen LogP contribution < -0.4 is 5.32 Å². The highest BCUT2D eigenvalue weighted by atomic mass is 19.1. The van der Waals surface area contributed by atoms with Crippen LogP contribution in [0.3, 0.4) is 0 Å². The summed E-state index contributed by atoms with van der Waals surface area (Å²) in [6.45, 7) is 3.84. The summed E-state index contributed by atoms with van der Waals surface area (Å²) in [5.41, 5.74) is 3.66. The molecule has 0 aliphatic carbocycles. The van der Waals surface area contributed by atoms with Gasteiger partial charge in [0.1, 0.15) is 5.82 Å². The number of halogens is 1. The van der Waals surface area contributed by atoms with E-state index in [1.807, 2.05) is 50.4 Å². The van der Waals surface area contributed by atoms with E-state index in [9.17, 15) is 4.39 Å². The average Bonchev–Trinajstić information content (AvgIpc) is 2.37. The topological polar surface area (TPSA) is 12.0 Å². The largest absolute Gasteiger partial charge is 0.309 e. The van der Waals surface area contributed by atoms with Crippen LogP contribution in [0.5, 0.6) is 0 Å². The van der Waals surface area contributed by atoms with Crippen LogP contribution in [0.25, 0.3) is 0 Å². The molecule has 2 rings (SSSR count). The van der Waals surface area contributed by atoms with Crippen molar-refractivity contribution in [1.82, 2.24) is 5.32 Å². The summed E-state index contributed by atoms with van der Waals surface area (Å²) in [6, 6.07) is 13.6. The van der Waals surface area contributed by atoms with Gasteiger partial charge < -0.3 is 5.32 Å². The fourth-order valence-corrected chi connectivity index (χ4v) is 2.15. The fourth-order valence-electron chi connectivity index (χ4n) is 2.15. The highest BCUT2D eigenvalue weighted by Gasteiger charge is 2.16. The van der Waals surface area contributed by atoms with E-state index in [0.29, 0.717) is 11.1 Å². The van der Waals surface area contributed by atoms with E-state index in [1.54, 1.807) is 13.0 Å². The molecule has 1 nitrogen and oxygen atoms in total. The lowest BCUT2D eigenvalue weighted by Gasteiger charge is -2.19. The molecule has 2 aromatic rings. The Morgan fingerprint density at radius 2 is 1.67 bits per heavy atom. The lowest BCUT2D eigenvalue weighted by atomic mass is 9.96. The van der Waals surface area contributed by atoms with Crippen molar-refractivity contribution in [3.8, 4) is 0 Å². The van der Waals surface area contributed by atoms with Crippen molar-refractivity contribution >= 4 is 0 Å². The summed E-state index contributed by atoms with van der Waals surface area (Å²) in [7, 11) is 1.85. The Kier molecular flexibility index (Phi) is 3.78. The molecule has 1 unspecified atom stereocenters. The van der Waals surface area contributed by atoms with Gasteiger partial charge in [-0.15, -0.1) is 0 Å². The molecule has 0 radical (unpaired) electrons. The molecule has 0 fully saturated rings. The molecule has 0 bridgehead atoms. The van der Waals surface area contributed by atoms with E-state index < -0.39 is 0 Å².